The lowest BCUT2D eigenvalue weighted by Gasteiger charge is -2.33. The van der Waals surface area contributed by atoms with Gasteiger partial charge in [0, 0.05) is 18.7 Å². The van der Waals surface area contributed by atoms with E-state index in [1.54, 1.807) is 0 Å². The summed E-state index contributed by atoms with van der Waals surface area (Å²) in [5.41, 5.74) is 0.142. The molecule has 1 saturated heterocycles. The van der Waals surface area contributed by atoms with Crippen LogP contribution < -0.4 is 0 Å². The first-order valence-corrected chi connectivity index (χ1v) is 8.16. The highest BCUT2D eigenvalue weighted by Gasteiger charge is 2.24. The lowest BCUT2D eigenvalue weighted by atomic mass is 9.91. The second-order valence-electron chi connectivity index (χ2n) is 6.18. The van der Waals surface area contributed by atoms with Crippen molar-refractivity contribution in [3.63, 3.8) is 0 Å². The molecule has 0 N–H and O–H groups in total. The predicted octanol–water partition coefficient (Wildman–Crippen LogP) is 2.43. The number of carbonyl (C=O) groups excluding carboxylic acids is 1. The van der Waals surface area contributed by atoms with Crippen LogP contribution in [0.25, 0.3) is 0 Å². The molecular weight excluding hydrogens is 314 g/mol. The standard InChI is InChI=1S/C17H20F2N4O/c18-15-4-1-5-16(19)14(15)7-6-13-3-2-8-22(9-13)17(24)10-23-12-20-11-21-23/h1,4-5,11-13H,2-3,6-10H2. The lowest BCUT2D eigenvalue weighted by Crippen LogP contribution is -2.41. The van der Waals surface area contributed by atoms with Gasteiger partial charge in [-0.15, -0.1) is 0 Å². The van der Waals surface area contributed by atoms with Crippen molar-refractivity contribution in [2.45, 2.75) is 32.2 Å². The van der Waals surface area contributed by atoms with Gasteiger partial charge in [-0.05, 0) is 43.7 Å². The maximum absolute atomic E-state index is 13.7. The molecule has 0 spiro atoms. The topological polar surface area (TPSA) is 51.0 Å². The maximum atomic E-state index is 13.7. The molecule has 2 heterocycles. The Balaban J connectivity index is 1.54. The van der Waals surface area contributed by atoms with Crippen molar-refractivity contribution in [1.82, 2.24) is 19.7 Å². The van der Waals surface area contributed by atoms with E-state index in [9.17, 15) is 13.6 Å². The number of rotatable bonds is 5. The molecule has 0 radical (unpaired) electrons. The van der Waals surface area contributed by atoms with Crippen molar-refractivity contribution < 1.29 is 13.6 Å². The summed E-state index contributed by atoms with van der Waals surface area (Å²) in [5.74, 6) is -0.727. The fourth-order valence-corrected chi connectivity index (χ4v) is 3.20. The second-order valence-corrected chi connectivity index (χ2v) is 6.18. The van der Waals surface area contributed by atoms with Crippen molar-refractivity contribution in [3.05, 3.63) is 48.1 Å². The molecule has 1 unspecified atom stereocenters. The van der Waals surface area contributed by atoms with Crippen LogP contribution in [-0.4, -0.2) is 38.7 Å². The third kappa shape index (κ3) is 3.96. The van der Waals surface area contributed by atoms with Gasteiger partial charge in [0.25, 0.3) is 0 Å². The molecular formula is C17H20F2N4O. The molecule has 24 heavy (non-hydrogen) atoms. The lowest BCUT2D eigenvalue weighted by molar-refractivity contribution is -0.133. The van der Waals surface area contributed by atoms with Crippen LogP contribution >= 0.6 is 0 Å². The van der Waals surface area contributed by atoms with E-state index in [-0.39, 0.29) is 23.9 Å². The summed E-state index contributed by atoms with van der Waals surface area (Å²) in [6.45, 7) is 1.52. The number of piperidine rings is 1. The number of hydrogen-bond acceptors (Lipinski definition) is 3. The smallest absolute Gasteiger partial charge is 0.244 e. The number of aromatic nitrogens is 3. The van der Waals surface area contributed by atoms with Gasteiger partial charge in [0.1, 0.15) is 30.8 Å². The highest BCUT2D eigenvalue weighted by molar-refractivity contribution is 5.75. The zero-order chi connectivity index (χ0) is 16.9. The highest BCUT2D eigenvalue weighted by Crippen LogP contribution is 2.23. The first-order valence-electron chi connectivity index (χ1n) is 8.16. The number of carbonyl (C=O) groups is 1. The molecule has 128 valence electrons. The zero-order valence-electron chi connectivity index (χ0n) is 13.4. The fourth-order valence-electron chi connectivity index (χ4n) is 3.20. The minimum atomic E-state index is -0.495. The largest absolute Gasteiger partial charge is 0.341 e. The Morgan fingerprint density at radius 2 is 2.08 bits per heavy atom. The average Bonchev–Trinajstić information content (AvgIpc) is 3.07. The monoisotopic (exact) mass is 334 g/mol. The molecule has 1 atom stereocenters. The van der Waals surface area contributed by atoms with E-state index in [2.05, 4.69) is 10.1 Å². The molecule has 2 aromatic rings. The van der Waals surface area contributed by atoms with Gasteiger partial charge in [-0.1, -0.05) is 6.07 Å². The van der Waals surface area contributed by atoms with Gasteiger partial charge >= 0.3 is 0 Å². The van der Waals surface area contributed by atoms with E-state index in [1.165, 1.54) is 35.5 Å². The molecule has 1 aliphatic heterocycles. The molecule has 0 bridgehead atoms. The molecule has 3 rings (SSSR count). The Labute approximate surface area is 139 Å². The molecule has 0 saturated carbocycles. The average molecular weight is 334 g/mol. The molecule has 7 heteroatoms. The van der Waals surface area contributed by atoms with E-state index < -0.39 is 11.6 Å². The van der Waals surface area contributed by atoms with Crippen LogP contribution in [0.5, 0.6) is 0 Å². The van der Waals surface area contributed by atoms with Gasteiger partial charge in [-0.3, -0.25) is 4.79 Å². The van der Waals surface area contributed by atoms with Gasteiger partial charge in [-0.25, -0.2) is 18.4 Å². The molecule has 0 aliphatic carbocycles. The van der Waals surface area contributed by atoms with E-state index >= 15 is 0 Å². The van der Waals surface area contributed by atoms with Crippen LogP contribution in [0.4, 0.5) is 8.78 Å². The third-order valence-corrected chi connectivity index (χ3v) is 4.50. The minimum absolute atomic E-state index is 0.00210. The van der Waals surface area contributed by atoms with E-state index in [0.29, 0.717) is 19.4 Å². The van der Waals surface area contributed by atoms with E-state index in [4.69, 9.17) is 0 Å². The van der Waals surface area contributed by atoms with Gasteiger partial charge in [0.2, 0.25) is 5.91 Å². The fraction of sp³-hybridized carbons (Fsp3) is 0.471. The van der Waals surface area contributed by atoms with Gasteiger partial charge in [0.05, 0.1) is 0 Å². The Morgan fingerprint density at radius 3 is 2.79 bits per heavy atom. The van der Waals surface area contributed by atoms with Crippen LogP contribution in [0.15, 0.2) is 30.9 Å². The van der Waals surface area contributed by atoms with Crippen LogP contribution in [0.3, 0.4) is 0 Å². The quantitative estimate of drug-likeness (QED) is 0.844. The van der Waals surface area contributed by atoms with Crippen molar-refractivity contribution in [2.24, 2.45) is 5.92 Å². The normalized spacial score (nSPS) is 17.9. The Bertz CT molecular complexity index is 670. The SMILES string of the molecule is O=C(Cn1cncn1)N1CCCC(CCc2c(F)cccc2F)C1. The van der Waals surface area contributed by atoms with Crippen LogP contribution in [0, 0.1) is 17.6 Å². The number of amides is 1. The molecule has 1 fully saturated rings. The minimum Gasteiger partial charge on any atom is -0.341 e. The molecule has 1 amide bonds. The van der Waals surface area contributed by atoms with Gasteiger partial charge in [-0.2, -0.15) is 5.10 Å². The van der Waals surface area contributed by atoms with Gasteiger partial charge < -0.3 is 4.90 Å². The number of halogens is 2. The highest BCUT2D eigenvalue weighted by atomic mass is 19.1. The Kier molecular flexibility index (Phi) is 5.17. The molecule has 1 aliphatic rings. The summed E-state index contributed by atoms with van der Waals surface area (Å²) in [6, 6.07) is 3.94. The van der Waals surface area contributed by atoms with Crippen LogP contribution in [0.2, 0.25) is 0 Å². The van der Waals surface area contributed by atoms with Crippen LogP contribution in [-0.2, 0) is 17.8 Å². The summed E-state index contributed by atoms with van der Waals surface area (Å²) in [6.07, 6.45) is 5.82. The number of nitrogens with zero attached hydrogens (tertiary/aromatic N) is 4. The first kappa shape index (κ1) is 16.5. The van der Waals surface area contributed by atoms with Gasteiger partial charge in [0.15, 0.2) is 0 Å². The summed E-state index contributed by atoms with van der Waals surface area (Å²) in [4.78, 5) is 17.9. The van der Waals surface area contributed by atoms with Crippen molar-refractivity contribution in [2.75, 3.05) is 13.1 Å². The third-order valence-electron chi connectivity index (χ3n) is 4.50. The van der Waals surface area contributed by atoms with E-state index in [0.717, 1.165) is 19.4 Å². The molecule has 1 aromatic heterocycles. The maximum Gasteiger partial charge on any atom is 0.244 e. The van der Waals surface area contributed by atoms with E-state index in [1.807, 2.05) is 4.90 Å². The zero-order valence-corrected chi connectivity index (χ0v) is 13.4. The number of hydrogen-bond donors (Lipinski definition) is 0. The van der Waals surface area contributed by atoms with Crippen molar-refractivity contribution in [3.8, 4) is 0 Å². The summed E-state index contributed by atoms with van der Waals surface area (Å²) in [5, 5.41) is 3.94. The number of likely N-dealkylation sites (tertiary alicyclic amines) is 1. The molecule has 5 nitrogen and oxygen atoms in total. The second kappa shape index (κ2) is 7.51. The predicted molar refractivity (Wildman–Crippen MR) is 84.0 cm³/mol. The summed E-state index contributed by atoms with van der Waals surface area (Å²) in [7, 11) is 0. The van der Waals surface area contributed by atoms with Crippen LogP contribution in [0.1, 0.15) is 24.8 Å². The Morgan fingerprint density at radius 1 is 1.29 bits per heavy atom. The summed E-state index contributed by atoms with van der Waals surface area (Å²) < 4.78 is 28.9. The molecule has 1 aromatic carbocycles. The Hall–Kier alpha value is -2.31. The number of benzene rings is 1. The van der Waals surface area contributed by atoms with Crippen molar-refractivity contribution in [1.29, 1.82) is 0 Å². The first-order chi connectivity index (χ1) is 11.6. The summed E-state index contributed by atoms with van der Waals surface area (Å²) >= 11 is 0. The van der Waals surface area contributed by atoms with Crippen molar-refractivity contribution >= 4 is 5.91 Å².